The minimum absolute atomic E-state index is 0.692. The summed E-state index contributed by atoms with van der Waals surface area (Å²) < 4.78 is 0. The molecule has 0 aliphatic carbocycles. The van der Waals surface area contributed by atoms with Crippen molar-refractivity contribution < 1.29 is 0 Å². The van der Waals surface area contributed by atoms with Gasteiger partial charge in [-0.1, -0.05) is 18.2 Å². The number of hydrogen-bond donors (Lipinski definition) is 0. The number of fused-ring (bicyclic) bond motifs is 2. The highest BCUT2D eigenvalue weighted by atomic mass is 32.2. The minimum atomic E-state index is 0.692. The van der Waals surface area contributed by atoms with Crippen molar-refractivity contribution >= 4 is 17.4 Å². The number of aromatic nitrogens is 2. The zero-order valence-corrected chi connectivity index (χ0v) is 15.0. The van der Waals surface area contributed by atoms with E-state index < -0.39 is 0 Å². The molecule has 2 aliphatic rings. The fourth-order valence-corrected chi connectivity index (χ4v) is 4.64. The molecular formula is C19H24N4S. The van der Waals surface area contributed by atoms with Gasteiger partial charge in [0.1, 0.15) is 5.03 Å². The number of piperidine rings is 1. The number of hydrogen-bond acceptors (Lipinski definition) is 5. The van der Waals surface area contributed by atoms with E-state index in [1.54, 1.807) is 11.8 Å². The molecule has 24 heavy (non-hydrogen) atoms. The first-order chi connectivity index (χ1) is 11.8. The van der Waals surface area contributed by atoms with Crippen LogP contribution in [0.1, 0.15) is 25.7 Å². The van der Waals surface area contributed by atoms with Crippen molar-refractivity contribution in [3.05, 3.63) is 42.9 Å². The number of pyridine rings is 2. The molecule has 0 aromatic carbocycles. The molecule has 126 valence electrons. The minimum Gasteiger partial charge on any atom is -0.369 e. The summed E-state index contributed by atoms with van der Waals surface area (Å²) in [4.78, 5) is 15.1. The highest BCUT2D eigenvalue weighted by Crippen LogP contribution is 2.31. The molecule has 2 fully saturated rings. The maximum Gasteiger partial charge on any atom is 0.101 e. The van der Waals surface area contributed by atoms with Crippen LogP contribution in [0.5, 0.6) is 0 Å². The molecular weight excluding hydrogens is 316 g/mol. The summed E-state index contributed by atoms with van der Waals surface area (Å²) >= 11 is 1.69. The second-order valence-corrected chi connectivity index (χ2v) is 7.87. The van der Waals surface area contributed by atoms with Gasteiger partial charge < -0.3 is 4.90 Å². The Morgan fingerprint density at radius 1 is 1.04 bits per heavy atom. The monoisotopic (exact) mass is 340 g/mol. The van der Waals surface area contributed by atoms with Gasteiger partial charge in [-0.15, -0.1) is 0 Å². The van der Waals surface area contributed by atoms with Crippen molar-refractivity contribution in [2.75, 3.05) is 25.0 Å². The van der Waals surface area contributed by atoms with E-state index in [2.05, 4.69) is 38.9 Å². The summed E-state index contributed by atoms with van der Waals surface area (Å²) in [5.41, 5.74) is 1.26. The third-order valence-electron chi connectivity index (χ3n) is 5.35. The number of anilines is 1. The van der Waals surface area contributed by atoms with Crippen LogP contribution in [0.4, 0.5) is 5.69 Å². The lowest BCUT2D eigenvalue weighted by molar-refractivity contribution is 0.127. The van der Waals surface area contributed by atoms with E-state index in [0.29, 0.717) is 6.04 Å². The Morgan fingerprint density at radius 3 is 2.67 bits per heavy atom. The molecule has 0 N–H and O–H groups in total. The average molecular weight is 340 g/mol. The first-order valence-corrected chi connectivity index (χ1v) is 9.62. The Labute approximate surface area is 148 Å². The molecule has 0 radical (unpaired) electrons. The van der Waals surface area contributed by atoms with E-state index in [9.17, 15) is 0 Å². The van der Waals surface area contributed by atoms with Crippen molar-refractivity contribution in [2.45, 2.75) is 47.7 Å². The fraction of sp³-hybridized carbons (Fsp3) is 0.474. The predicted molar refractivity (Wildman–Crippen MR) is 98.6 cm³/mol. The highest BCUT2D eigenvalue weighted by molar-refractivity contribution is 7.99. The maximum atomic E-state index is 4.67. The van der Waals surface area contributed by atoms with Crippen molar-refractivity contribution in [2.24, 2.45) is 0 Å². The molecule has 0 saturated carbocycles. The number of rotatable bonds is 3. The Morgan fingerprint density at radius 2 is 1.88 bits per heavy atom. The van der Waals surface area contributed by atoms with Gasteiger partial charge in [0.05, 0.1) is 11.9 Å². The average Bonchev–Trinajstić information content (AvgIpc) is 2.71. The van der Waals surface area contributed by atoms with Crippen molar-refractivity contribution in [1.29, 1.82) is 0 Å². The largest absolute Gasteiger partial charge is 0.369 e. The zero-order chi connectivity index (χ0) is 16.4. The molecule has 0 spiro atoms. The van der Waals surface area contributed by atoms with E-state index >= 15 is 0 Å². The van der Waals surface area contributed by atoms with Gasteiger partial charge in [-0.3, -0.25) is 9.88 Å². The molecule has 2 bridgehead atoms. The molecule has 2 aromatic rings. The van der Waals surface area contributed by atoms with E-state index in [1.165, 1.54) is 36.3 Å². The molecule has 0 amide bonds. The fourth-order valence-electron chi connectivity index (χ4n) is 3.89. The summed E-state index contributed by atoms with van der Waals surface area (Å²) in [6, 6.07) is 9.86. The molecule has 2 aliphatic heterocycles. The normalized spacial score (nSPS) is 24.6. The highest BCUT2D eigenvalue weighted by Gasteiger charge is 2.32. The Balaban J connectivity index is 1.46. The van der Waals surface area contributed by atoms with Crippen LogP contribution in [0.3, 0.4) is 0 Å². The third kappa shape index (κ3) is 3.42. The smallest absolute Gasteiger partial charge is 0.101 e. The van der Waals surface area contributed by atoms with E-state index in [1.807, 2.05) is 30.7 Å². The predicted octanol–water partition coefficient (Wildman–Crippen LogP) is 3.69. The Kier molecular flexibility index (Phi) is 4.72. The van der Waals surface area contributed by atoms with Crippen LogP contribution < -0.4 is 4.90 Å². The lowest BCUT2D eigenvalue weighted by Gasteiger charge is -2.37. The van der Waals surface area contributed by atoms with Gasteiger partial charge in [-0.2, -0.15) is 0 Å². The van der Waals surface area contributed by atoms with Crippen LogP contribution in [-0.2, 0) is 0 Å². The summed E-state index contributed by atoms with van der Waals surface area (Å²) in [5.74, 6) is 0. The van der Waals surface area contributed by atoms with Crippen molar-refractivity contribution in [3.8, 4) is 0 Å². The number of likely N-dealkylation sites (N-methyl/N-ethyl adjacent to an activating group) is 1. The lowest BCUT2D eigenvalue weighted by atomic mass is 9.96. The Hall–Kier alpha value is -1.59. The van der Waals surface area contributed by atoms with E-state index in [0.717, 1.165) is 24.2 Å². The second kappa shape index (κ2) is 7.11. The molecule has 2 unspecified atom stereocenters. The van der Waals surface area contributed by atoms with Crippen LogP contribution >= 0.6 is 11.8 Å². The lowest BCUT2D eigenvalue weighted by Crippen LogP contribution is -2.45. The molecule has 2 aromatic heterocycles. The topological polar surface area (TPSA) is 32.3 Å². The Bertz CT molecular complexity index is 661. The van der Waals surface area contributed by atoms with Crippen LogP contribution in [0.25, 0.3) is 0 Å². The third-order valence-corrected chi connectivity index (χ3v) is 6.31. The summed E-state index contributed by atoms with van der Waals surface area (Å²) in [6.07, 6.45) is 11.0. The van der Waals surface area contributed by atoms with Crippen LogP contribution in [0.15, 0.2) is 52.8 Å². The zero-order valence-electron chi connectivity index (χ0n) is 14.1. The number of nitrogens with zero attached hydrogens (tertiary/aromatic N) is 4. The van der Waals surface area contributed by atoms with Gasteiger partial charge in [-0.05, 0) is 50.6 Å². The van der Waals surface area contributed by atoms with Gasteiger partial charge in [-0.25, -0.2) is 4.98 Å². The van der Waals surface area contributed by atoms with Gasteiger partial charge in [0.15, 0.2) is 0 Å². The van der Waals surface area contributed by atoms with Crippen LogP contribution in [-0.4, -0.2) is 47.1 Å². The quantitative estimate of drug-likeness (QED) is 0.851. The van der Waals surface area contributed by atoms with Crippen LogP contribution in [0.2, 0.25) is 0 Å². The van der Waals surface area contributed by atoms with E-state index in [4.69, 9.17) is 0 Å². The van der Waals surface area contributed by atoms with Crippen molar-refractivity contribution in [3.63, 3.8) is 0 Å². The first-order valence-electron chi connectivity index (χ1n) is 8.80. The van der Waals surface area contributed by atoms with E-state index in [-0.39, 0.29) is 0 Å². The molecule has 2 atom stereocenters. The summed E-state index contributed by atoms with van der Waals surface area (Å²) in [7, 11) is 2.31. The SMILES string of the molecule is CN1C2CCCC1CN(c1ccc(Sc3ccncc3)nc1)CC2. The molecule has 2 saturated heterocycles. The first kappa shape index (κ1) is 15.9. The molecule has 5 heteroatoms. The van der Waals surface area contributed by atoms with Gasteiger partial charge >= 0.3 is 0 Å². The summed E-state index contributed by atoms with van der Waals surface area (Å²) in [6.45, 7) is 2.27. The molecule has 4 rings (SSSR count). The van der Waals surface area contributed by atoms with Gasteiger partial charge in [0.2, 0.25) is 0 Å². The van der Waals surface area contributed by atoms with Crippen LogP contribution in [0, 0.1) is 0 Å². The maximum absolute atomic E-state index is 4.67. The van der Waals surface area contributed by atoms with Gasteiger partial charge in [0.25, 0.3) is 0 Å². The standard InChI is InChI=1S/C19H24N4S/c1-22-15-3-2-4-17(22)14-23(12-9-15)16-5-6-19(21-13-16)24-18-7-10-20-11-8-18/h5-8,10-11,13,15,17H,2-4,9,12,14H2,1H3. The molecule has 4 heterocycles. The van der Waals surface area contributed by atoms with Gasteiger partial charge in [0, 0.05) is 42.5 Å². The molecule has 4 nitrogen and oxygen atoms in total. The second-order valence-electron chi connectivity index (χ2n) is 6.78. The summed E-state index contributed by atoms with van der Waals surface area (Å²) in [5, 5.41) is 1.04. The van der Waals surface area contributed by atoms with Crippen molar-refractivity contribution in [1.82, 2.24) is 14.9 Å².